The fourth-order valence-electron chi connectivity index (χ4n) is 2.70. The zero-order chi connectivity index (χ0) is 17.8. The number of aryl methyl sites for hydroxylation is 1. The smallest absolute Gasteiger partial charge is 0.224 e. The molecule has 1 heterocycles. The summed E-state index contributed by atoms with van der Waals surface area (Å²) in [5.41, 5.74) is 1.70. The van der Waals surface area contributed by atoms with Gasteiger partial charge in [-0.25, -0.2) is 0 Å². The number of amides is 1. The molecule has 128 valence electrons. The van der Waals surface area contributed by atoms with Crippen LogP contribution in [0, 0.1) is 0 Å². The summed E-state index contributed by atoms with van der Waals surface area (Å²) in [6.07, 6.45) is 1.62. The first-order valence-electron chi connectivity index (χ1n) is 7.98. The minimum atomic E-state index is -0.107. The van der Waals surface area contributed by atoms with Crippen molar-refractivity contribution in [3.63, 3.8) is 0 Å². The monoisotopic (exact) mass is 399 g/mol. The first-order chi connectivity index (χ1) is 12.1. The van der Waals surface area contributed by atoms with Gasteiger partial charge in [0.15, 0.2) is 0 Å². The van der Waals surface area contributed by atoms with Crippen LogP contribution in [0.5, 0.6) is 0 Å². The number of fused-ring (bicyclic) bond motifs is 1. The van der Waals surface area contributed by atoms with Crippen LogP contribution in [0.1, 0.15) is 12.0 Å². The highest BCUT2D eigenvalue weighted by molar-refractivity contribution is 9.10. The van der Waals surface area contributed by atoms with Gasteiger partial charge in [-0.3, -0.25) is 14.3 Å². The highest BCUT2D eigenvalue weighted by Crippen LogP contribution is 2.17. The maximum atomic E-state index is 12.4. The second-order valence-electron chi connectivity index (χ2n) is 5.84. The molecule has 1 aromatic heterocycles. The summed E-state index contributed by atoms with van der Waals surface area (Å²) < 4.78 is 2.70. The van der Waals surface area contributed by atoms with Crippen molar-refractivity contribution in [3.8, 4) is 0 Å². The third kappa shape index (κ3) is 3.96. The van der Waals surface area contributed by atoms with Gasteiger partial charge in [-0.05, 0) is 23.8 Å². The van der Waals surface area contributed by atoms with Crippen LogP contribution in [-0.4, -0.2) is 27.6 Å². The van der Waals surface area contributed by atoms with E-state index >= 15 is 0 Å². The number of hydrogen-bond donors (Lipinski definition) is 0. The lowest BCUT2D eigenvalue weighted by Gasteiger charge is -2.18. The molecule has 0 atom stereocenters. The second-order valence-corrected chi connectivity index (χ2v) is 6.69. The number of carbonyl (C=O) groups excluding carboxylic acids is 1. The Balaban J connectivity index is 1.69. The topological polar surface area (TPSA) is 55.2 Å². The molecule has 0 saturated heterocycles. The summed E-state index contributed by atoms with van der Waals surface area (Å²) in [4.78, 5) is 26.0. The number of carbonyl (C=O) groups is 1. The summed E-state index contributed by atoms with van der Waals surface area (Å²) in [6, 6.07) is 15.2. The van der Waals surface area contributed by atoms with Crippen molar-refractivity contribution in [2.75, 3.05) is 7.05 Å². The summed E-state index contributed by atoms with van der Waals surface area (Å²) in [5.74, 6) is 0.0281. The molecule has 0 aliphatic carbocycles. The van der Waals surface area contributed by atoms with Gasteiger partial charge in [-0.2, -0.15) is 5.10 Å². The minimum Gasteiger partial charge on any atom is -0.341 e. The van der Waals surface area contributed by atoms with Gasteiger partial charge in [-0.1, -0.05) is 46.3 Å². The molecule has 0 spiro atoms. The van der Waals surface area contributed by atoms with Gasteiger partial charge in [0.25, 0.3) is 0 Å². The van der Waals surface area contributed by atoms with Crippen molar-refractivity contribution in [3.05, 3.63) is 75.0 Å². The van der Waals surface area contributed by atoms with Crippen molar-refractivity contribution in [2.24, 2.45) is 0 Å². The number of aromatic nitrogens is 2. The van der Waals surface area contributed by atoms with Crippen LogP contribution in [0.15, 0.2) is 64.0 Å². The largest absolute Gasteiger partial charge is 0.341 e. The zero-order valence-electron chi connectivity index (χ0n) is 13.9. The van der Waals surface area contributed by atoms with E-state index < -0.39 is 0 Å². The molecule has 25 heavy (non-hydrogen) atoms. The first kappa shape index (κ1) is 17.4. The number of hydrogen-bond acceptors (Lipinski definition) is 3. The van der Waals surface area contributed by atoms with E-state index in [9.17, 15) is 9.59 Å². The van der Waals surface area contributed by atoms with E-state index in [0.717, 1.165) is 15.6 Å². The lowest BCUT2D eigenvalue weighted by atomic mass is 10.2. The summed E-state index contributed by atoms with van der Waals surface area (Å²) >= 11 is 3.50. The van der Waals surface area contributed by atoms with Gasteiger partial charge in [0, 0.05) is 29.9 Å². The number of benzene rings is 2. The SMILES string of the molecule is CN(Cc1ccccc1Br)C(=O)CCn1ncc(=O)c2ccccc21. The average Bonchev–Trinajstić information content (AvgIpc) is 2.63. The van der Waals surface area contributed by atoms with E-state index in [1.54, 1.807) is 22.7 Å². The molecule has 0 radical (unpaired) electrons. The Labute approximate surface area is 154 Å². The third-order valence-corrected chi connectivity index (χ3v) is 4.86. The average molecular weight is 400 g/mol. The second kappa shape index (κ2) is 7.61. The summed E-state index contributed by atoms with van der Waals surface area (Å²) in [7, 11) is 1.79. The molecule has 3 rings (SSSR count). The number of para-hydroxylation sites is 1. The van der Waals surface area contributed by atoms with E-state index in [4.69, 9.17) is 0 Å². The van der Waals surface area contributed by atoms with E-state index in [0.29, 0.717) is 24.9 Å². The molecule has 3 aromatic rings. The summed E-state index contributed by atoms with van der Waals surface area (Å²) in [6.45, 7) is 0.971. The molecule has 0 bridgehead atoms. The van der Waals surface area contributed by atoms with E-state index in [1.807, 2.05) is 42.5 Å². The minimum absolute atomic E-state index is 0.0281. The fourth-order valence-corrected chi connectivity index (χ4v) is 3.11. The van der Waals surface area contributed by atoms with Gasteiger partial charge in [0.1, 0.15) is 0 Å². The van der Waals surface area contributed by atoms with Crippen LogP contribution in [0.25, 0.3) is 10.9 Å². The van der Waals surface area contributed by atoms with Crippen molar-refractivity contribution in [2.45, 2.75) is 19.5 Å². The third-order valence-electron chi connectivity index (χ3n) is 4.09. The van der Waals surface area contributed by atoms with E-state index in [1.165, 1.54) is 6.20 Å². The molecule has 5 nitrogen and oxygen atoms in total. The Bertz CT molecular complexity index is 968. The number of halogens is 1. The van der Waals surface area contributed by atoms with Gasteiger partial charge >= 0.3 is 0 Å². The number of nitrogens with zero attached hydrogens (tertiary/aromatic N) is 3. The standard InChI is InChI=1S/C19H18BrN3O2/c1-22(13-14-6-2-4-8-16(14)20)19(25)10-11-23-17-9-5-3-7-15(17)18(24)12-21-23/h2-9,12H,10-11,13H2,1H3. The molecule has 0 N–H and O–H groups in total. The Kier molecular flexibility index (Phi) is 5.28. The molecule has 0 aliphatic rings. The van der Waals surface area contributed by atoms with E-state index in [-0.39, 0.29) is 11.3 Å². The Hall–Kier alpha value is -2.47. The van der Waals surface area contributed by atoms with Crippen LogP contribution in [0.3, 0.4) is 0 Å². The Morgan fingerprint density at radius 3 is 2.68 bits per heavy atom. The van der Waals surface area contributed by atoms with Crippen LogP contribution in [0.4, 0.5) is 0 Å². The fraction of sp³-hybridized carbons (Fsp3) is 0.211. The zero-order valence-corrected chi connectivity index (χ0v) is 15.4. The lowest BCUT2D eigenvalue weighted by Crippen LogP contribution is -2.27. The van der Waals surface area contributed by atoms with Gasteiger partial charge < -0.3 is 4.90 Å². The molecular weight excluding hydrogens is 382 g/mol. The molecule has 2 aromatic carbocycles. The molecule has 1 amide bonds. The van der Waals surface area contributed by atoms with Crippen molar-refractivity contribution in [1.29, 1.82) is 0 Å². The molecular formula is C19H18BrN3O2. The van der Waals surface area contributed by atoms with Crippen LogP contribution in [-0.2, 0) is 17.9 Å². The van der Waals surface area contributed by atoms with Crippen LogP contribution >= 0.6 is 15.9 Å². The highest BCUT2D eigenvalue weighted by atomic mass is 79.9. The quantitative estimate of drug-likeness (QED) is 0.661. The van der Waals surface area contributed by atoms with Crippen LogP contribution in [0.2, 0.25) is 0 Å². The van der Waals surface area contributed by atoms with Crippen molar-refractivity contribution in [1.82, 2.24) is 14.7 Å². The Morgan fingerprint density at radius 1 is 1.16 bits per heavy atom. The van der Waals surface area contributed by atoms with Crippen molar-refractivity contribution < 1.29 is 4.79 Å². The number of rotatable bonds is 5. The van der Waals surface area contributed by atoms with Gasteiger partial charge in [0.05, 0.1) is 18.3 Å². The molecule has 0 unspecified atom stereocenters. The summed E-state index contributed by atoms with van der Waals surface area (Å²) in [5, 5.41) is 4.78. The van der Waals surface area contributed by atoms with Gasteiger partial charge in [0.2, 0.25) is 11.3 Å². The maximum absolute atomic E-state index is 12.4. The van der Waals surface area contributed by atoms with Crippen molar-refractivity contribution >= 4 is 32.7 Å². The molecule has 0 aliphatic heterocycles. The molecule has 0 fully saturated rings. The predicted molar refractivity (Wildman–Crippen MR) is 101 cm³/mol. The van der Waals surface area contributed by atoms with Crippen LogP contribution < -0.4 is 5.43 Å². The maximum Gasteiger partial charge on any atom is 0.224 e. The Morgan fingerprint density at radius 2 is 1.88 bits per heavy atom. The van der Waals surface area contributed by atoms with E-state index in [2.05, 4.69) is 21.0 Å². The lowest BCUT2D eigenvalue weighted by molar-refractivity contribution is -0.130. The predicted octanol–water partition coefficient (Wildman–Crippen LogP) is 3.21. The molecule has 0 saturated carbocycles. The normalized spacial score (nSPS) is 10.8. The van der Waals surface area contributed by atoms with Gasteiger partial charge in [-0.15, -0.1) is 0 Å². The molecule has 6 heteroatoms. The highest BCUT2D eigenvalue weighted by Gasteiger charge is 2.12. The first-order valence-corrected chi connectivity index (χ1v) is 8.78.